The van der Waals surface area contributed by atoms with Crippen molar-refractivity contribution in [2.45, 2.75) is 19.9 Å². The minimum Gasteiger partial charge on any atom is -0.506 e. The maximum atomic E-state index is 11.7. The first kappa shape index (κ1) is 18.5. The number of rotatable bonds is 3. The van der Waals surface area contributed by atoms with Gasteiger partial charge in [0.15, 0.2) is 0 Å². The summed E-state index contributed by atoms with van der Waals surface area (Å²) < 4.78 is 5.39. The lowest BCUT2D eigenvalue weighted by Crippen LogP contribution is -2.37. The fourth-order valence-corrected chi connectivity index (χ4v) is 2.44. The summed E-state index contributed by atoms with van der Waals surface area (Å²) in [4.78, 5) is 11.7. The number of nitrogens with two attached hydrogens (primary N) is 1. The molecule has 0 aliphatic heterocycles. The number of esters is 1. The fraction of sp³-hybridized carbons (Fsp3) is 0.417. The summed E-state index contributed by atoms with van der Waals surface area (Å²) in [7, 11) is 1.30. The molecule has 0 radical (unpaired) electrons. The van der Waals surface area contributed by atoms with Gasteiger partial charge in [-0.25, -0.2) is 0 Å². The van der Waals surface area contributed by atoms with Crippen LogP contribution in [-0.2, 0) is 9.53 Å². The van der Waals surface area contributed by atoms with Gasteiger partial charge in [0.1, 0.15) is 5.75 Å². The quantitative estimate of drug-likeness (QED) is 0.797. The highest BCUT2D eigenvalue weighted by molar-refractivity contribution is 9.10. The monoisotopic (exact) mass is 371 g/mol. The van der Waals surface area contributed by atoms with Crippen LogP contribution in [-0.4, -0.2) is 18.2 Å². The number of phenolic OH excluding ortho intramolecular Hbond substituents is 1. The van der Waals surface area contributed by atoms with Crippen molar-refractivity contribution in [3.63, 3.8) is 0 Å². The van der Waals surface area contributed by atoms with Crippen molar-refractivity contribution in [2.75, 3.05) is 7.11 Å². The van der Waals surface area contributed by atoms with E-state index < -0.39 is 17.4 Å². The highest BCUT2D eigenvalue weighted by Gasteiger charge is 2.38. The predicted octanol–water partition coefficient (Wildman–Crippen LogP) is 3.43. The Bertz CT molecular complexity index is 480. The third-order valence-corrected chi connectivity index (χ3v) is 3.63. The summed E-state index contributed by atoms with van der Waals surface area (Å²) in [5.74, 6) is -0.574. The van der Waals surface area contributed by atoms with Gasteiger partial charge in [-0.2, -0.15) is 0 Å². The van der Waals surface area contributed by atoms with Gasteiger partial charge in [0.05, 0.1) is 17.5 Å². The third-order valence-electron chi connectivity index (χ3n) is 2.88. The van der Waals surface area contributed by atoms with Crippen molar-refractivity contribution in [1.29, 1.82) is 0 Å². The fourth-order valence-electron chi connectivity index (χ4n) is 1.60. The SMILES string of the molecule is COC(=O)C(C)(C)[C@H](N)c1cc(Br)cc(Cl)c1O.Cl. The Morgan fingerprint density at radius 3 is 2.53 bits per heavy atom. The normalized spacial score (nSPS) is 12.5. The summed E-state index contributed by atoms with van der Waals surface area (Å²) in [5.41, 5.74) is 5.47. The number of phenols is 1. The molecule has 0 spiro atoms. The van der Waals surface area contributed by atoms with E-state index in [1.54, 1.807) is 26.0 Å². The molecule has 1 rings (SSSR count). The summed E-state index contributed by atoms with van der Waals surface area (Å²) in [6.45, 7) is 3.30. The van der Waals surface area contributed by atoms with Crippen LogP contribution in [0.15, 0.2) is 16.6 Å². The zero-order chi connectivity index (χ0) is 14.1. The molecule has 0 heterocycles. The first-order valence-corrected chi connectivity index (χ1v) is 6.40. The summed E-state index contributed by atoms with van der Waals surface area (Å²) in [6.07, 6.45) is 0. The lowest BCUT2D eigenvalue weighted by Gasteiger charge is -2.29. The molecule has 0 amide bonds. The van der Waals surface area contributed by atoms with Crippen molar-refractivity contribution >= 4 is 45.9 Å². The molecule has 1 aromatic rings. The van der Waals surface area contributed by atoms with Gasteiger partial charge in [-0.05, 0) is 26.0 Å². The van der Waals surface area contributed by atoms with Gasteiger partial charge in [0, 0.05) is 16.1 Å². The van der Waals surface area contributed by atoms with Gasteiger partial charge in [0.25, 0.3) is 0 Å². The smallest absolute Gasteiger partial charge is 0.313 e. The minimum absolute atomic E-state index is 0. The zero-order valence-electron chi connectivity index (χ0n) is 10.7. The zero-order valence-corrected chi connectivity index (χ0v) is 13.9. The molecule has 4 nitrogen and oxygen atoms in total. The molecule has 0 fully saturated rings. The lowest BCUT2D eigenvalue weighted by molar-refractivity contribution is -0.152. The number of aromatic hydroxyl groups is 1. The molecular formula is C12H16BrCl2NO3. The molecule has 7 heteroatoms. The van der Waals surface area contributed by atoms with Crippen molar-refractivity contribution in [2.24, 2.45) is 11.1 Å². The molecule has 0 aromatic heterocycles. The number of hydrogen-bond donors (Lipinski definition) is 2. The Kier molecular flexibility index (Phi) is 6.62. The van der Waals surface area contributed by atoms with Crippen molar-refractivity contribution in [3.8, 4) is 5.75 Å². The standard InChI is InChI=1S/C12H15BrClNO3.ClH/c1-12(2,11(17)18-3)10(15)7-4-6(13)5-8(14)9(7)16;/h4-5,10,16H,15H2,1-3H3;1H/t10-;/m1./s1. The molecule has 1 aromatic carbocycles. The molecule has 108 valence electrons. The van der Waals surface area contributed by atoms with Crippen LogP contribution in [0.25, 0.3) is 0 Å². The number of hydrogen-bond acceptors (Lipinski definition) is 4. The Morgan fingerprint density at radius 1 is 1.53 bits per heavy atom. The van der Waals surface area contributed by atoms with Crippen LogP contribution in [0, 0.1) is 5.41 Å². The summed E-state index contributed by atoms with van der Waals surface area (Å²) in [6, 6.07) is 2.45. The van der Waals surface area contributed by atoms with Crippen LogP contribution in [0.2, 0.25) is 5.02 Å². The number of carbonyl (C=O) groups excluding carboxylic acids is 1. The van der Waals surface area contributed by atoms with Crippen LogP contribution < -0.4 is 5.73 Å². The average molecular weight is 373 g/mol. The van der Waals surface area contributed by atoms with Crippen LogP contribution in [0.4, 0.5) is 0 Å². The second-order valence-corrected chi connectivity index (χ2v) is 5.84. The topological polar surface area (TPSA) is 72.5 Å². The molecule has 0 aliphatic rings. The first-order chi connectivity index (χ1) is 8.21. The lowest BCUT2D eigenvalue weighted by atomic mass is 9.81. The first-order valence-electron chi connectivity index (χ1n) is 5.23. The Balaban J connectivity index is 0.00000324. The van der Waals surface area contributed by atoms with Gasteiger partial charge in [0.2, 0.25) is 0 Å². The summed E-state index contributed by atoms with van der Waals surface area (Å²) >= 11 is 9.14. The van der Waals surface area contributed by atoms with Crippen molar-refractivity contribution < 1.29 is 14.6 Å². The van der Waals surface area contributed by atoms with Gasteiger partial charge in [-0.15, -0.1) is 12.4 Å². The maximum absolute atomic E-state index is 11.7. The van der Waals surface area contributed by atoms with E-state index in [-0.39, 0.29) is 23.2 Å². The molecule has 1 atom stereocenters. The van der Waals surface area contributed by atoms with Gasteiger partial charge in [-0.3, -0.25) is 4.79 Å². The predicted molar refractivity (Wildman–Crippen MR) is 80.8 cm³/mol. The van der Waals surface area contributed by atoms with E-state index >= 15 is 0 Å². The van der Waals surface area contributed by atoms with E-state index in [0.29, 0.717) is 10.0 Å². The number of methoxy groups -OCH3 is 1. The molecular weight excluding hydrogens is 357 g/mol. The van der Waals surface area contributed by atoms with E-state index in [1.807, 2.05) is 0 Å². The van der Waals surface area contributed by atoms with Crippen molar-refractivity contribution in [1.82, 2.24) is 0 Å². The van der Waals surface area contributed by atoms with E-state index in [9.17, 15) is 9.90 Å². The third kappa shape index (κ3) is 3.75. The van der Waals surface area contributed by atoms with E-state index in [1.165, 1.54) is 7.11 Å². The number of benzene rings is 1. The van der Waals surface area contributed by atoms with Crippen LogP contribution in [0.3, 0.4) is 0 Å². The van der Waals surface area contributed by atoms with Crippen LogP contribution >= 0.6 is 39.9 Å². The highest BCUT2D eigenvalue weighted by Crippen LogP contribution is 2.41. The molecule has 0 aliphatic carbocycles. The molecule has 0 bridgehead atoms. The highest BCUT2D eigenvalue weighted by atomic mass is 79.9. The average Bonchev–Trinajstić information content (AvgIpc) is 2.31. The molecule has 0 saturated heterocycles. The molecule has 3 N–H and O–H groups in total. The minimum atomic E-state index is -0.976. The molecule has 19 heavy (non-hydrogen) atoms. The second-order valence-electron chi connectivity index (χ2n) is 4.52. The number of ether oxygens (including phenoxy) is 1. The number of halogens is 3. The maximum Gasteiger partial charge on any atom is 0.313 e. The molecule has 0 saturated carbocycles. The van der Waals surface area contributed by atoms with Gasteiger partial charge in [-0.1, -0.05) is 27.5 Å². The Hall–Kier alpha value is -0.490. The number of carbonyl (C=O) groups is 1. The van der Waals surface area contributed by atoms with Gasteiger partial charge < -0.3 is 15.6 Å². The second kappa shape index (κ2) is 6.79. The largest absolute Gasteiger partial charge is 0.506 e. The molecule has 0 unspecified atom stereocenters. The van der Waals surface area contributed by atoms with E-state index in [0.717, 1.165) is 0 Å². The van der Waals surface area contributed by atoms with Crippen molar-refractivity contribution in [3.05, 3.63) is 27.2 Å². The Labute approximate surface area is 131 Å². The van der Waals surface area contributed by atoms with E-state index in [4.69, 9.17) is 22.1 Å². The summed E-state index contributed by atoms with van der Waals surface area (Å²) in [5, 5.41) is 10.1. The van der Waals surface area contributed by atoms with Gasteiger partial charge >= 0.3 is 5.97 Å². The Morgan fingerprint density at radius 2 is 2.05 bits per heavy atom. The van der Waals surface area contributed by atoms with Crippen LogP contribution in [0.5, 0.6) is 5.75 Å². The van der Waals surface area contributed by atoms with E-state index in [2.05, 4.69) is 15.9 Å². The van der Waals surface area contributed by atoms with Crippen LogP contribution in [0.1, 0.15) is 25.5 Å².